The van der Waals surface area contributed by atoms with Gasteiger partial charge in [0, 0.05) is 17.3 Å². The number of benzene rings is 3. The second-order valence-electron chi connectivity index (χ2n) is 9.49. The second kappa shape index (κ2) is 8.86. The fraction of sp³-hybridized carbons (Fsp3) is 0.310. The highest BCUT2D eigenvalue weighted by molar-refractivity contribution is 5.97. The van der Waals surface area contributed by atoms with Gasteiger partial charge in [0.05, 0.1) is 17.6 Å². The summed E-state index contributed by atoms with van der Waals surface area (Å²) in [6.45, 7) is 14.9. The molecule has 4 rings (SSSR count). The number of hydrogen-bond acceptors (Lipinski definition) is 2. The van der Waals surface area contributed by atoms with E-state index in [1.807, 2.05) is 18.7 Å². The van der Waals surface area contributed by atoms with Gasteiger partial charge in [-0.1, -0.05) is 41.5 Å². The summed E-state index contributed by atoms with van der Waals surface area (Å²) in [5, 5.41) is 0. The van der Waals surface area contributed by atoms with Crippen LogP contribution in [0.3, 0.4) is 0 Å². The fourth-order valence-corrected chi connectivity index (χ4v) is 4.63. The van der Waals surface area contributed by atoms with E-state index in [9.17, 15) is 4.79 Å². The highest BCUT2D eigenvalue weighted by atomic mass is 16.2. The standard InChI is InChI=1S/C29H33N3O/c1-18(2)31(29(33)28-22(6)14-21(5)15-23(28)7)17-27-30-25-13-10-20(4)16-26(25)32(27)24-11-8-19(3)9-12-24/h8-16,18H,17H2,1-7H3. The maximum absolute atomic E-state index is 13.8. The molecule has 0 spiro atoms. The van der Waals surface area contributed by atoms with Crippen LogP contribution in [0.25, 0.3) is 16.7 Å². The van der Waals surface area contributed by atoms with Gasteiger partial charge in [0.1, 0.15) is 5.82 Å². The highest BCUT2D eigenvalue weighted by Crippen LogP contribution is 2.26. The lowest BCUT2D eigenvalue weighted by molar-refractivity contribution is 0.0683. The van der Waals surface area contributed by atoms with Crippen LogP contribution < -0.4 is 0 Å². The molecule has 4 nitrogen and oxygen atoms in total. The largest absolute Gasteiger partial charge is 0.329 e. The molecule has 0 saturated heterocycles. The van der Waals surface area contributed by atoms with Crippen molar-refractivity contribution in [2.75, 3.05) is 0 Å². The Kier molecular flexibility index (Phi) is 6.11. The highest BCUT2D eigenvalue weighted by Gasteiger charge is 2.25. The first-order chi connectivity index (χ1) is 15.7. The minimum Gasteiger partial charge on any atom is -0.329 e. The molecule has 1 aromatic heterocycles. The van der Waals surface area contributed by atoms with Crippen molar-refractivity contribution in [2.24, 2.45) is 0 Å². The molecule has 3 aromatic carbocycles. The van der Waals surface area contributed by atoms with Crippen molar-refractivity contribution in [3.8, 4) is 5.69 Å². The quantitative estimate of drug-likeness (QED) is 0.350. The number of carbonyl (C=O) groups is 1. The Labute approximate surface area is 196 Å². The molecule has 1 amide bonds. The van der Waals surface area contributed by atoms with Gasteiger partial charge in [-0.05, 0) is 89.4 Å². The van der Waals surface area contributed by atoms with Crippen LogP contribution in [0.2, 0.25) is 0 Å². The Morgan fingerprint density at radius 2 is 1.45 bits per heavy atom. The van der Waals surface area contributed by atoms with Crippen molar-refractivity contribution in [1.82, 2.24) is 14.5 Å². The number of rotatable bonds is 5. The van der Waals surface area contributed by atoms with Crippen LogP contribution >= 0.6 is 0 Å². The number of aryl methyl sites for hydroxylation is 5. The van der Waals surface area contributed by atoms with E-state index in [4.69, 9.17) is 4.98 Å². The predicted molar refractivity (Wildman–Crippen MR) is 136 cm³/mol. The van der Waals surface area contributed by atoms with E-state index in [-0.39, 0.29) is 11.9 Å². The summed E-state index contributed by atoms with van der Waals surface area (Å²) < 4.78 is 2.19. The number of amides is 1. The molecular weight excluding hydrogens is 406 g/mol. The molecule has 4 heteroatoms. The average Bonchev–Trinajstić information content (AvgIpc) is 3.08. The normalized spacial score (nSPS) is 11.4. The molecule has 0 aliphatic rings. The van der Waals surface area contributed by atoms with Gasteiger partial charge in [0.25, 0.3) is 5.91 Å². The Morgan fingerprint density at radius 3 is 2.06 bits per heavy atom. The van der Waals surface area contributed by atoms with Gasteiger partial charge in [0.15, 0.2) is 0 Å². The topological polar surface area (TPSA) is 38.1 Å². The summed E-state index contributed by atoms with van der Waals surface area (Å²) in [5.41, 5.74) is 9.47. The zero-order valence-electron chi connectivity index (χ0n) is 20.7. The summed E-state index contributed by atoms with van der Waals surface area (Å²) in [6.07, 6.45) is 0. The number of nitrogens with zero attached hydrogens (tertiary/aromatic N) is 3. The SMILES string of the molecule is Cc1ccc(-n2c(CN(C(=O)c3c(C)cc(C)cc3C)C(C)C)nc3ccc(C)cc32)cc1. The van der Waals surface area contributed by atoms with Crippen molar-refractivity contribution in [1.29, 1.82) is 0 Å². The Hall–Kier alpha value is -3.40. The van der Waals surface area contributed by atoms with E-state index >= 15 is 0 Å². The Bertz CT molecular complexity index is 1310. The summed E-state index contributed by atoms with van der Waals surface area (Å²) in [4.78, 5) is 20.7. The van der Waals surface area contributed by atoms with E-state index < -0.39 is 0 Å². The van der Waals surface area contributed by atoms with Crippen molar-refractivity contribution >= 4 is 16.9 Å². The van der Waals surface area contributed by atoms with Gasteiger partial charge in [-0.25, -0.2) is 4.98 Å². The molecule has 170 valence electrons. The van der Waals surface area contributed by atoms with Crippen LogP contribution in [0.1, 0.15) is 57.8 Å². The molecule has 1 heterocycles. The number of aromatic nitrogens is 2. The third kappa shape index (κ3) is 4.43. The third-order valence-corrected chi connectivity index (χ3v) is 6.26. The number of carbonyl (C=O) groups excluding carboxylic acids is 1. The van der Waals surface area contributed by atoms with Crippen molar-refractivity contribution in [3.05, 3.63) is 93.8 Å². The molecule has 33 heavy (non-hydrogen) atoms. The summed E-state index contributed by atoms with van der Waals surface area (Å²) in [7, 11) is 0. The van der Waals surface area contributed by atoms with Gasteiger partial charge < -0.3 is 4.90 Å². The molecule has 0 saturated carbocycles. The lowest BCUT2D eigenvalue weighted by Gasteiger charge is -2.28. The Morgan fingerprint density at radius 1 is 0.848 bits per heavy atom. The van der Waals surface area contributed by atoms with Crippen LogP contribution in [-0.4, -0.2) is 26.4 Å². The van der Waals surface area contributed by atoms with E-state index in [1.54, 1.807) is 0 Å². The molecule has 0 atom stereocenters. The third-order valence-electron chi connectivity index (χ3n) is 6.26. The Balaban J connectivity index is 1.83. The second-order valence-corrected chi connectivity index (χ2v) is 9.49. The van der Waals surface area contributed by atoms with Crippen molar-refractivity contribution in [2.45, 2.75) is 61.1 Å². The van der Waals surface area contributed by atoms with Crippen molar-refractivity contribution < 1.29 is 4.79 Å². The number of hydrogen-bond donors (Lipinski definition) is 0. The molecule has 4 aromatic rings. The van der Waals surface area contributed by atoms with Gasteiger partial charge in [-0.3, -0.25) is 9.36 Å². The van der Waals surface area contributed by atoms with Gasteiger partial charge in [0.2, 0.25) is 0 Å². The molecule has 0 bridgehead atoms. The van der Waals surface area contributed by atoms with Crippen LogP contribution in [-0.2, 0) is 6.54 Å². The first kappa shape index (κ1) is 22.8. The molecule has 0 aliphatic heterocycles. The average molecular weight is 440 g/mol. The van der Waals surface area contributed by atoms with Crippen LogP contribution in [0.4, 0.5) is 0 Å². The minimum absolute atomic E-state index is 0.0330. The van der Waals surface area contributed by atoms with E-state index in [1.165, 1.54) is 16.7 Å². The lowest BCUT2D eigenvalue weighted by atomic mass is 9.98. The predicted octanol–water partition coefficient (Wildman–Crippen LogP) is 6.62. The zero-order chi connectivity index (χ0) is 23.9. The lowest BCUT2D eigenvalue weighted by Crippen LogP contribution is -2.38. The van der Waals surface area contributed by atoms with Crippen LogP contribution in [0, 0.1) is 34.6 Å². The number of fused-ring (bicyclic) bond motifs is 1. The van der Waals surface area contributed by atoms with Gasteiger partial charge >= 0.3 is 0 Å². The van der Waals surface area contributed by atoms with Crippen LogP contribution in [0.15, 0.2) is 54.6 Å². The summed E-state index contributed by atoms with van der Waals surface area (Å²) >= 11 is 0. The minimum atomic E-state index is 0.0330. The molecule has 0 aliphatic carbocycles. The first-order valence-electron chi connectivity index (χ1n) is 11.6. The van der Waals surface area contributed by atoms with E-state index in [0.717, 1.165) is 39.2 Å². The first-order valence-corrected chi connectivity index (χ1v) is 11.6. The fourth-order valence-electron chi connectivity index (χ4n) is 4.63. The molecule has 0 fully saturated rings. The summed E-state index contributed by atoms with van der Waals surface area (Å²) in [5.74, 6) is 0.919. The smallest absolute Gasteiger partial charge is 0.255 e. The molecular formula is C29H33N3O. The van der Waals surface area contributed by atoms with Gasteiger partial charge in [-0.15, -0.1) is 0 Å². The van der Waals surface area contributed by atoms with E-state index in [0.29, 0.717) is 6.54 Å². The maximum atomic E-state index is 13.8. The number of imidazole rings is 1. The van der Waals surface area contributed by atoms with Gasteiger partial charge in [-0.2, -0.15) is 0 Å². The summed E-state index contributed by atoms with van der Waals surface area (Å²) in [6, 6.07) is 19.0. The monoisotopic (exact) mass is 439 g/mol. The van der Waals surface area contributed by atoms with E-state index in [2.05, 4.69) is 93.8 Å². The molecule has 0 unspecified atom stereocenters. The molecule has 0 radical (unpaired) electrons. The van der Waals surface area contributed by atoms with Crippen LogP contribution in [0.5, 0.6) is 0 Å². The maximum Gasteiger partial charge on any atom is 0.255 e. The van der Waals surface area contributed by atoms with Crippen molar-refractivity contribution in [3.63, 3.8) is 0 Å². The zero-order valence-corrected chi connectivity index (χ0v) is 20.7. The molecule has 0 N–H and O–H groups in total.